The van der Waals surface area contributed by atoms with Gasteiger partial charge in [0.05, 0.1) is 41.0 Å². The third-order valence-electron chi connectivity index (χ3n) is 5.98. The van der Waals surface area contributed by atoms with E-state index in [1.54, 1.807) is 61.7 Å². The molecule has 1 amide bonds. The van der Waals surface area contributed by atoms with Crippen molar-refractivity contribution in [2.45, 2.75) is 13.5 Å². The second kappa shape index (κ2) is 13.6. The van der Waals surface area contributed by atoms with Crippen LogP contribution in [0.2, 0.25) is 10.0 Å². The summed E-state index contributed by atoms with van der Waals surface area (Å²) in [6, 6.07) is 15.7. The average Bonchev–Trinajstić information content (AvgIpc) is 3.18. The van der Waals surface area contributed by atoms with Crippen molar-refractivity contribution in [1.29, 1.82) is 0 Å². The maximum atomic E-state index is 13.7. The smallest absolute Gasteiger partial charge is 0.325 e. The molecule has 1 aliphatic rings. The van der Waals surface area contributed by atoms with E-state index in [-0.39, 0.29) is 24.0 Å². The fourth-order valence-electron chi connectivity index (χ4n) is 4.00. The standard InChI is InChI=1S/C29H25BrCl2N2O6S/c1-4-39-25-14-18(11-21(30)27(25)40-16-17-5-10-22(31)23(32)12-17)13-24-28(36)34(19-6-8-20(37-2)9-7-19)29(41)33(24)15-26(35)38-3/h5-14H,4,15-16H2,1-3H3/b24-13-. The first-order valence-electron chi connectivity index (χ1n) is 12.3. The van der Waals surface area contributed by atoms with E-state index in [1.165, 1.54) is 16.9 Å². The van der Waals surface area contributed by atoms with E-state index in [2.05, 4.69) is 15.9 Å². The number of thiocarbonyl (C=S) groups is 1. The molecule has 41 heavy (non-hydrogen) atoms. The number of carbonyl (C=O) groups is 2. The molecule has 0 saturated carbocycles. The first-order chi connectivity index (χ1) is 19.7. The molecular formula is C29H25BrCl2N2O6S. The molecule has 0 bridgehead atoms. The molecule has 1 fully saturated rings. The molecule has 0 aromatic heterocycles. The maximum Gasteiger partial charge on any atom is 0.325 e. The van der Waals surface area contributed by atoms with E-state index in [9.17, 15) is 9.59 Å². The summed E-state index contributed by atoms with van der Waals surface area (Å²) in [4.78, 5) is 28.7. The third-order valence-corrected chi connectivity index (χ3v) is 7.71. The molecule has 1 aliphatic heterocycles. The van der Waals surface area contributed by atoms with Crippen molar-refractivity contribution < 1.29 is 28.5 Å². The Balaban J connectivity index is 1.70. The van der Waals surface area contributed by atoms with Crippen molar-refractivity contribution in [3.8, 4) is 17.2 Å². The van der Waals surface area contributed by atoms with Gasteiger partial charge in [0, 0.05) is 0 Å². The molecule has 8 nitrogen and oxygen atoms in total. The Labute approximate surface area is 261 Å². The number of benzene rings is 3. The molecule has 0 radical (unpaired) electrons. The third kappa shape index (κ3) is 6.95. The van der Waals surface area contributed by atoms with Gasteiger partial charge in [-0.3, -0.25) is 14.5 Å². The van der Waals surface area contributed by atoms with Gasteiger partial charge in [0.15, 0.2) is 16.6 Å². The quantitative estimate of drug-likeness (QED) is 0.130. The first-order valence-corrected chi connectivity index (χ1v) is 14.2. The molecule has 1 heterocycles. The number of halogens is 3. The van der Waals surface area contributed by atoms with Crippen LogP contribution in [-0.4, -0.2) is 49.3 Å². The molecule has 4 rings (SSSR count). The minimum absolute atomic E-state index is 0.141. The van der Waals surface area contributed by atoms with Gasteiger partial charge < -0.3 is 23.8 Å². The predicted molar refractivity (Wildman–Crippen MR) is 166 cm³/mol. The Kier molecular flexibility index (Phi) is 10.1. The van der Waals surface area contributed by atoms with E-state index < -0.39 is 11.9 Å². The largest absolute Gasteiger partial charge is 0.497 e. The van der Waals surface area contributed by atoms with Crippen molar-refractivity contribution in [3.63, 3.8) is 0 Å². The Hall–Kier alpha value is -3.31. The lowest BCUT2D eigenvalue weighted by atomic mass is 10.1. The number of carbonyl (C=O) groups excluding carboxylic acids is 2. The van der Waals surface area contributed by atoms with Crippen molar-refractivity contribution in [2.75, 3.05) is 32.3 Å². The number of hydrogen-bond donors (Lipinski definition) is 0. The number of amides is 1. The summed E-state index contributed by atoms with van der Waals surface area (Å²) in [5.41, 5.74) is 2.15. The second-order valence-electron chi connectivity index (χ2n) is 8.61. The molecule has 0 unspecified atom stereocenters. The number of hydrogen-bond acceptors (Lipinski definition) is 7. The minimum Gasteiger partial charge on any atom is -0.497 e. The monoisotopic (exact) mass is 678 g/mol. The van der Waals surface area contributed by atoms with E-state index in [0.29, 0.717) is 49.6 Å². The molecule has 3 aromatic carbocycles. The lowest BCUT2D eigenvalue weighted by Crippen LogP contribution is -2.35. The molecule has 0 atom stereocenters. The van der Waals surface area contributed by atoms with E-state index in [4.69, 9.17) is 54.4 Å². The molecule has 3 aromatic rings. The highest BCUT2D eigenvalue weighted by Crippen LogP contribution is 2.39. The van der Waals surface area contributed by atoms with Crippen LogP contribution in [0.15, 0.2) is 64.8 Å². The summed E-state index contributed by atoms with van der Waals surface area (Å²) >= 11 is 21.4. The molecule has 214 valence electrons. The van der Waals surface area contributed by atoms with Crippen LogP contribution >= 0.6 is 51.3 Å². The molecule has 1 saturated heterocycles. The van der Waals surface area contributed by atoms with Crippen molar-refractivity contribution in [2.24, 2.45) is 0 Å². The summed E-state index contributed by atoms with van der Waals surface area (Å²) < 4.78 is 22.6. The summed E-state index contributed by atoms with van der Waals surface area (Å²) in [6.45, 7) is 2.19. The summed E-state index contributed by atoms with van der Waals surface area (Å²) in [5, 5.41) is 1.03. The van der Waals surface area contributed by atoms with Crippen LogP contribution in [0.5, 0.6) is 17.2 Å². The van der Waals surface area contributed by atoms with Gasteiger partial charge in [0.2, 0.25) is 0 Å². The number of nitrogens with zero attached hydrogens (tertiary/aromatic N) is 2. The molecule has 0 N–H and O–H groups in total. The topological polar surface area (TPSA) is 77.5 Å². The summed E-state index contributed by atoms with van der Waals surface area (Å²) in [6.07, 6.45) is 1.64. The van der Waals surface area contributed by atoms with Gasteiger partial charge in [0.25, 0.3) is 5.91 Å². The van der Waals surface area contributed by atoms with Crippen LogP contribution < -0.4 is 19.1 Å². The Morgan fingerprint density at radius 1 is 1.02 bits per heavy atom. The zero-order valence-corrected chi connectivity index (χ0v) is 26.2. The van der Waals surface area contributed by atoms with Crippen LogP contribution in [0.1, 0.15) is 18.1 Å². The van der Waals surface area contributed by atoms with Crippen molar-refractivity contribution >= 4 is 80.1 Å². The fraction of sp³-hybridized carbons (Fsp3) is 0.207. The SMILES string of the molecule is CCOc1cc(/C=C2/C(=O)N(c3ccc(OC)cc3)C(=S)N2CC(=O)OC)cc(Br)c1OCc1ccc(Cl)c(Cl)c1. The molecular weight excluding hydrogens is 655 g/mol. The highest BCUT2D eigenvalue weighted by atomic mass is 79.9. The molecule has 0 spiro atoms. The van der Waals surface area contributed by atoms with Gasteiger partial charge in [-0.25, -0.2) is 0 Å². The Morgan fingerprint density at radius 2 is 1.76 bits per heavy atom. The number of anilines is 1. The van der Waals surface area contributed by atoms with E-state index in [1.807, 2.05) is 13.0 Å². The highest BCUT2D eigenvalue weighted by molar-refractivity contribution is 9.10. The molecule has 0 aliphatic carbocycles. The maximum absolute atomic E-state index is 13.7. The molecule has 12 heteroatoms. The Morgan fingerprint density at radius 3 is 2.39 bits per heavy atom. The van der Waals surface area contributed by atoms with Gasteiger partial charge in [-0.2, -0.15) is 0 Å². The van der Waals surface area contributed by atoms with Crippen LogP contribution in [0.25, 0.3) is 6.08 Å². The lowest BCUT2D eigenvalue weighted by Gasteiger charge is -2.19. The van der Waals surface area contributed by atoms with Crippen molar-refractivity contribution in [1.82, 2.24) is 4.90 Å². The van der Waals surface area contributed by atoms with E-state index in [0.717, 1.165) is 5.56 Å². The average molecular weight is 680 g/mol. The van der Waals surface area contributed by atoms with Crippen LogP contribution in [0, 0.1) is 0 Å². The minimum atomic E-state index is -0.551. The van der Waals surface area contributed by atoms with Gasteiger partial charge in [-0.1, -0.05) is 29.3 Å². The lowest BCUT2D eigenvalue weighted by molar-refractivity contribution is -0.140. The van der Waals surface area contributed by atoms with Gasteiger partial charge in [-0.05, 0) is 101 Å². The van der Waals surface area contributed by atoms with Crippen LogP contribution in [0.3, 0.4) is 0 Å². The van der Waals surface area contributed by atoms with Gasteiger partial charge >= 0.3 is 5.97 Å². The normalized spacial score (nSPS) is 14.0. The van der Waals surface area contributed by atoms with Gasteiger partial charge in [0.1, 0.15) is 24.6 Å². The number of methoxy groups -OCH3 is 2. The van der Waals surface area contributed by atoms with Gasteiger partial charge in [-0.15, -0.1) is 0 Å². The number of esters is 1. The van der Waals surface area contributed by atoms with Crippen molar-refractivity contribution in [3.05, 3.63) is 85.9 Å². The fourth-order valence-corrected chi connectivity index (χ4v) is 5.25. The summed E-state index contributed by atoms with van der Waals surface area (Å²) in [7, 11) is 2.83. The van der Waals surface area contributed by atoms with Crippen LogP contribution in [0.4, 0.5) is 5.69 Å². The number of ether oxygens (including phenoxy) is 4. The number of rotatable bonds is 10. The zero-order chi connectivity index (χ0) is 29.7. The second-order valence-corrected chi connectivity index (χ2v) is 10.6. The first kappa shape index (κ1) is 30.6. The Bertz CT molecular complexity index is 1520. The zero-order valence-electron chi connectivity index (χ0n) is 22.3. The summed E-state index contributed by atoms with van der Waals surface area (Å²) in [5.74, 6) is 0.596. The highest BCUT2D eigenvalue weighted by Gasteiger charge is 2.40. The predicted octanol–water partition coefficient (Wildman–Crippen LogP) is 6.89. The van der Waals surface area contributed by atoms with E-state index >= 15 is 0 Å². The van der Waals surface area contributed by atoms with Crippen LogP contribution in [-0.2, 0) is 20.9 Å².